The Balaban J connectivity index is 2.11. The largest absolute Gasteiger partial charge is 0.494 e. The Morgan fingerprint density at radius 2 is 2.35 bits per heavy atom. The van der Waals surface area contributed by atoms with Crippen molar-refractivity contribution < 1.29 is 9.53 Å². The van der Waals surface area contributed by atoms with Crippen molar-refractivity contribution in [2.75, 3.05) is 26.7 Å². The second kappa shape index (κ2) is 5.19. The number of benzene rings is 1. The van der Waals surface area contributed by atoms with E-state index in [2.05, 4.69) is 11.4 Å². The molecule has 0 aromatic heterocycles. The van der Waals surface area contributed by atoms with E-state index >= 15 is 0 Å². The van der Waals surface area contributed by atoms with Crippen molar-refractivity contribution in [3.05, 3.63) is 29.8 Å². The molecule has 4 nitrogen and oxygen atoms in total. The predicted molar refractivity (Wildman–Crippen MR) is 66.0 cm³/mol. The van der Waals surface area contributed by atoms with Crippen molar-refractivity contribution in [2.24, 2.45) is 0 Å². The van der Waals surface area contributed by atoms with E-state index in [1.165, 1.54) is 0 Å². The number of rotatable bonds is 3. The lowest BCUT2D eigenvalue weighted by atomic mass is 10.0. The van der Waals surface area contributed by atoms with Crippen LogP contribution in [0.2, 0.25) is 0 Å². The average molecular weight is 234 g/mol. The topological polar surface area (TPSA) is 41.6 Å². The van der Waals surface area contributed by atoms with Crippen LogP contribution in [0, 0.1) is 0 Å². The maximum Gasteiger partial charge on any atom is 0.236 e. The van der Waals surface area contributed by atoms with E-state index in [9.17, 15) is 4.79 Å². The zero-order valence-corrected chi connectivity index (χ0v) is 10.3. The van der Waals surface area contributed by atoms with E-state index in [1.54, 1.807) is 4.90 Å². The summed E-state index contributed by atoms with van der Waals surface area (Å²) >= 11 is 0. The average Bonchev–Trinajstić information content (AvgIpc) is 2.33. The van der Waals surface area contributed by atoms with E-state index in [0.717, 1.165) is 11.3 Å². The van der Waals surface area contributed by atoms with Gasteiger partial charge < -0.3 is 9.64 Å². The molecule has 0 spiro atoms. The van der Waals surface area contributed by atoms with Crippen LogP contribution in [0.25, 0.3) is 0 Å². The molecule has 0 bridgehead atoms. The van der Waals surface area contributed by atoms with Gasteiger partial charge in [-0.15, -0.1) is 0 Å². The van der Waals surface area contributed by atoms with E-state index < -0.39 is 0 Å². The first-order chi connectivity index (χ1) is 8.20. The normalized spacial score (nSPS) is 20.5. The lowest BCUT2D eigenvalue weighted by Crippen LogP contribution is -2.47. The van der Waals surface area contributed by atoms with Crippen LogP contribution in [-0.4, -0.2) is 37.6 Å². The standard InChI is InChI=1S/C13H18N2O2/c1-3-17-11-6-4-5-10(7-11)12-9-15(2)13(16)8-14-12/h4-7,12,14H,3,8-9H2,1-2H3. The summed E-state index contributed by atoms with van der Waals surface area (Å²) in [7, 11) is 1.84. The molecule has 0 radical (unpaired) electrons. The van der Waals surface area contributed by atoms with Gasteiger partial charge in [0.15, 0.2) is 0 Å². The summed E-state index contributed by atoms with van der Waals surface area (Å²) in [4.78, 5) is 13.1. The summed E-state index contributed by atoms with van der Waals surface area (Å²) in [6.07, 6.45) is 0. The molecular weight excluding hydrogens is 216 g/mol. The molecular formula is C13H18N2O2. The highest BCUT2D eigenvalue weighted by molar-refractivity contribution is 5.78. The van der Waals surface area contributed by atoms with Crippen molar-refractivity contribution in [1.82, 2.24) is 10.2 Å². The highest BCUT2D eigenvalue weighted by Gasteiger charge is 2.23. The minimum Gasteiger partial charge on any atom is -0.494 e. The van der Waals surface area contributed by atoms with Crippen molar-refractivity contribution >= 4 is 5.91 Å². The number of hydrogen-bond acceptors (Lipinski definition) is 3. The summed E-state index contributed by atoms with van der Waals surface area (Å²) in [5, 5.41) is 3.24. The first-order valence-electron chi connectivity index (χ1n) is 5.91. The lowest BCUT2D eigenvalue weighted by Gasteiger charge is -2.31. The number of ether oxygens (including phenoxy) is 1. The molecule has 4 heteroatoms. The van der Waals surface area contributed by atoms with Gasteiger partial charge in [-0.2, -0.15) is 0 Å². The van der Waals surface area contributed by atoms with Gasteiger partial charge in [0.2, 0.25) is 5.91 Å². The molecule has 17 heavy (non-hydrogen) atoms. The van der Waals surface area contributed by atoms with E-state index in [1.807, 2.05) is 32.2 Å². The van der Waals surface area contributed by atoms with Gasteiger partial charge in [0.1, 0.15) is 5.75 Å². The van der Waals surface area contributed by atoms with Crippen LogP contribution in [0.3, 0.4) is 0 Å². The molecule has 1 aliphatic heterocycles. The smallest absolute Gasteiger partial charge is 0.236 e. The predicted octanol–water partition coefficient (Wildman–Crippen LogP) is 1.19. The second-order valence-corrected chi connectivity index (χ2v) is 4.21. The molecule has 1 saturated heterocycles. The first-order valence-corrected chi connectivity index (χ1v) is 5.91. The summed E-state index contributed by atoms with van der Waals surface area (Å²) < 4.78 is 5.48. The number of nitrogens with one attached hydrogen (secondary N) is 1. The summed E-state index contributed by atoms with van der Waals surface area (Å²) in [5.74, 6) is 1.02. The minimum atomic E-state index is 0.141. The number of carbonyl (C=O) groups is 1. The number of hydrogen-bond donors (Lipinski definition) is 1. The summed E-state index contributed by atoms with van der Waals surface area (Å²) in [6.45, 7) is 3.74. The van der Waals surface area contributed by atoms with Crippen LogP contribution >= 0.6 is 0 Å². The van der Waals surface area contributed by atoms with Crippen LogP contribution in [0.4, 0.5) is 0 Å². The van der Waals surface area contributed by atoms with Crippen molar-refractivity contribution in [2.45, 2.75) is 13.0 Å². The van der Waals surface area contributed by atoms with Crippen LogP contribution in [0.1, 0.15) is 18.5 Å². The molecule has 1 atom stereocenters. The molecule has 1 aliphatic rings. The zero-order chi connectivity index (χ0) is 12.3. The maximum absolute atomic E-state index is 11.4. The molecule has 1 heterocycles. The Hall–Kier alpha value is -1.55. The van der Waals surface area contributed by atoms with E-state index in [0.29, 0.717) is 19.7 Å². The van der Waals surface area contributed by atoms with Gasteiger partial charge in [-0.25, -0.2) is 0 Å². The number of amides is 1. The van der Waals surface area contributed by atoms with Gasteiger partial charge in [-0.3, -0.25) is 10.1 Å². The third-order valence-corrected chi connectivity index (χ3v) is 2.95. The number of carbonyl (C=O) groups excluding carboxylic acids is 1. The molecule has 1 amide bonds. The maximum atomic E-state index is 11.4. The Labute approximate surface area is 102 Å². The highest BCUT2D eigenvalue weighted by atomic mass is 16.5. The van der Waals surface area contributed by atoms with Crippen LogP contribution in [0.5, 0.6) is 5.75 Å². The summed E-state index contributed by atoms with van der Waals surface area (Å²) in [5.41, 5.74) is 1.16. The Kier molecular flexibility index (Phi) is 3.64. The molecule has 0 aliphatic carbocycles. The summed E-state index contributed by atoms with van der Waals surface area (Å²) in [6, 6.07) is 8.22. The van der Waals surface area contributed by atoms with Crippen molar-refractivity contribution in [1.29, 1.82) is 0 Å². The Morgan fingerprint density at radius 3 is 3.06 bits per heavy atom. The second-order valence-electron chi connectivity index (χ2n) is 4.21. The van der Waals surface area contributed by atoms with E-state index in [4.69, 9.17) is 4.74 Å². The molecule has 1 fully saturated rings. The fourth-order valence-electron chi connectivity index (χ4n) is 2.00. The molecule has 1 unspecified atom stereocenters. The molecule has 0 saturated carbocycles. The highest BCUT2D eigenvalue weighted by Crippen LogP contribution is 2.21. The Morgan fingerprint density at radius 1 is 1.53 bits per heavy atom. The molecule has 1 aromatic carbocycles. The quantitative estimate of drug-likeness (QED) is 0.854. The number of likely N-dealkylation sites (N-methyl/N-ethyl adjacent to an activating group) is 1. The SMILES string of the molecule is CCOc1cccc(C2CN(C)C(=O)CN2)c1. The third-order valence-electron chi connectivity index (χ3n) is 2.95. The van der Waals surface area contributed by atoms with E-state index in [-0.39, 0.29) is 11.9 Å². The van der Waals surface area contributed by atoms with Gasteiger partial charge in [-0.1, -0.05) is 12.1 Å². The molecule has 1 aromatic rings. The van der Waals surface area contributed by atoms with Crippen LogP contribution < -0.4 is 10.1 Å². The minimum absolute atomic E-state index is 0.141. The van der Waals surface area contributed by atoms with Gasteiger partial charge in [-0.05, 0) is 24.6 Å². The van der Waals surface area contributed by atoms with Gasteiger partial charge >= 0.3 is 0 Å². The van der Waals surface area contributed by atoms with Crippen molar-refractivity contribution in [3.8, 4) is 5.75 Å². The molecule has 92 valence electrons. The molecule has 1 N–H and O–H groups in total. The fourth-order valence-corrected chi connectivity index (χ4v) is 2.00. The molecule has 2 rings (SSSR count). The van der Waals surface area contributed by atoms with Gasteiger partial charge in [0.05, 0.1) is 19.2 Å². The van der Waals surface area contributed by atoms with Gasteiger partial charge in [0, 0.05) is 13.6 Å². The Bertz CT molecular complexity index is 406. The van der Waals surface area contributed by atoms with Crippen LogP contribution in [0.15, 0.2) is 24.3 Å². The third kappa shape index (κ3) is 2.77. The number of piperazine rings is 1. The van der Waals surface area contributed by atoms with Crippen LogP contribution in [-0.2, 0) is 4.79 Å². The fraction of sp³-hybridized carbons (Fsp3) is 0.462. The first kappa shape index (κ1) is 11.9. The van der Waals surface area contributed by atoms with Crippen molar-refractivity contribution in [3.63, 3.8) is 0 Å². The van der Waals surface area contributed by atoms with Gasteiger partial charge in [0.25, 0.3) is 0 Å². The zero-order valence-electron chi connectivity index (χ0n) is 10.3. The lowest BCUT2D eigenvalue weighted by molar-refractivity contribution is -0.131. The number of nitrogens with zero attached hydrogens (tertiary/aromatic N) is 1. The monoisotopic (exact) mass is 234 g/mol.